The second-order valence-corrected chi connectivity index (χ2v) is 8.15. The van der Waals surface area contributed by atoms with Crippen LogP contribution in [-0.2, 0) is 0 Å². The summed E-state index contributed by atoms with van der Waals surface area (Å²) in [5.74, 6) is -0.272. The van der Waals surface area contributed by atoms with Crippen LogP contribution in [-0.4, -0.2) is 15.8 Å². The van der Waals surface area contributed by atoms with E-state index in [2.05, 4.69) is 26.2 Å². The van der Waals surface area contributed by atoms with Crippen molar-refractivity contribution < 1.29 is 9.72 Å². The molecule has 4 rings (SSSR count). The number of nitrogens with one attached hydrogen (secondary N) is 1. The molecule has 0 saturated carbocycles. The van der Waals surface area contributed by atoms with Gasteiger partial charge in [0, 0.05) is 22.2 Å². The Labute approximate surface area is 184 Å². The lowest BCUT2D eigenvalue weighted by molar-refractivity contribution is -0.384. The van der Waals surface area contributed by atoms with E-state index in [-0.39, 0.29) is 11.6 Å². The van der Waals surface area contributed by atoms with Crippen molar-refractivity contribution in [2.24, 2.45) is 0 Å². The number of halogens is 1. The van der Waals surface area contributed by atoms with Gasteiger partial charge in [-0.15, -0.1) is 0 Å². The first kappa shape index (κ1) is 19.9. The van der Waals surface area contributed by atoms with Crippen molar-refractivity contribution in [1.29, 1.82) is 0 Å². The predicted molar refractivity (Wildman–Crippen MR) is 122 cm³/mol. The number of hydrogen-bond acceptors (Lipinski definition) is 5. The van der Waals surface area contributed by atoms with Gasteiger partial charge in [-0.25, -0.2) is 4.98 Å². The highest BCUT2D eigenvalue weighted by Crippen LogP contribution is 2.39. The fraction of sp³-hybridized carbons (Fsp3) is 0. The predicted octanol–water partition coefficient (Wildman–Crippen LogP) is 6.40. The number of non-ortho nitro benzene ring substituents is 1. The van der Waals surface area contributed by atoms with Gasteiger partial charge in [0.15, 0.2) is 5.13 Å². The van der Waals surface area contributed by atoms with Crippen LogP contribution >= 0.6 is 27.3 Å². The number of anilines is 1. The summed E-state index contributed by atoms with van der Waals surface area (Å²) in [5, 5.41) is 14.3. The molecule has 0 spiro atoms. The van der Waals surface area contributed by atoms with E-state index in [1.807, 2.05) is 36.4 Å². The number of rotatable bonds is 5. The molecule has 0 aliphatic carbocycles. The first-order valence-corrected chi connectivity index (χ1v) is 10.5. The Morgan fingerprint density at radius 1 is 0.933 bits per heavy atom. The monoisotopic (exact) mass is 479 g/mol. The van der Waals surface area contributed by atoms with E-state index in [0.29, 0.717) is 20.9 Å². The van der Waals surface area contributed by atoms with Crippen molar-refractivity contribution >= 4 is 44.0 Å². The van der Waals surface area contributed by atoms with E-state index < -0.39 is 4.92 Å². The molecule has 1 amide bonds. The first-order valence-electron chi connectivity index (χ1n) is 8.90. The van der Waals surface area contributed by atoms with Crippen molar-refractivity contribution in [3.8, 4) is 21.7 Å². The van der Waals surface area contributed by atoms with E-state index in [4.69, 9.17) is 0 Å². The number of nitro groups is 1. The van der Waals surface area contributed by atoms with Crippen LogP contribution in [0.5, 0.6) is 0 Å². The van der Waals surface area contributed by atoms with Crippen molar-refractivity contribution in [3.05, 3.63) is 99.0 Å². The van der Waals surface area contributed by atoms with Crippen molar-refractivity contribution in [1.82, 2.24) is 4.98 Å². The number of hydrogen-bond donors (Lipinski definition) is 1. The van der Waals surface area contributed by atoms with Crippen LogP contribution in [0.3, 0.4) is 0 Å². The molecule has 3 aromatic carbocycles. The molecule has 148 valence electrons. The van der Waals surface area contributed by atoms with Crippen LogP contribution in [0, 0.1) is 10.1 Å². The zero-order chi connectivity index (χ0) is 21.1. The lowest BCUT2D eigenvalue weighted by Gasteiger charge is -2.03. The van der Waals surface area contributed by atoms with Crippen LogP contribution in [0.15, 0.2) is 83.3 Å². The van der Waals surface area contributed by atoms with E-state index in [9.17, 15) is 14.9 Å². The number of nitrogens with zero attached hydrogens (tertiary/aromatic N) is 2. The van der Waals surface area contributed by atoms with Gasteiger partial charge in [-0.05, 0) is 45.8 Å². The zero-order valence-electron chi connectivity index (χ0n) is 15.4. The lowest BCUT2D eigenvalue weighted by Crippen LogP contribution is -2.12. The molecule has 0 radical (unpaired) electrons. The van der Waals surface area contributed by atoms with Gasteiger partial charge in [0.25, 0.3) is 11.6 Å². The zero-order valence-corrected chi connectivity index (χ0v) is 17.8. The number of carbonyl (C=O) groups excluding carboxylic acids is 1. The van der Waals surface area contributed by atoms with E-state index in [0.717, 1.165) is 16.0 Å². The van der Waals surface area contributed by atoms with E-state index in [1.165, 1.54) is 23.5 Å². The number of thiazole rings is 1. The quantitative estimate of drug-likeness (QED) is 0.265. The molecule has 1 heterocycles. The maximum Gasteiger partial charge on any atom is 0.269 e. The van der Waals surface area contributed by atoms with Gasteiger partial charge in [0.1, 0.15) is 0 Å². The average Bonchev–Trinajstić information content (AvgIpc) is 3.18. The molecule has 0 aliphatic rings. The summed E-state index contributed by atoms with van der Waals surface area (Å²) < 4.78 is 0.693. The van der Waals surface area contributed by atoms with Crippen molar-refractivity contribution in [3.63, 3.8) is 0 Å². The highest BCUT2D eigenvalue weighted by molar-refractivity contribution is 9.10. The molecule has 6 nitrogen and oxygen atoms in total. The molecule has 4 aromatic rings. The molecule has 0 fully saturated rings. The van der Waals surface area contributed by atoms with Gasteiger partial charge >= 0.3 is 0 Å². The van der Waals surface area contributed by atoms with Crippen LogP contribution in [0.1, 0.15) is 10.4 Å². The highest BCUT2D eigenvalue weighted by atomic mass is 79.9. The van der Waals surface area contributed by atoms with Gasteiger partial charge < -0.3 is 0 Å². The summed E-state index contributed by atoms with van der Waals surface area (Å²) in [6.07, 6.45) is 0. The van der Waals surface area contributed by atoms with Crippen LogP contribution in [0.25, 0.3) is 21.7 Å². The SMILES string of the molecule is O=C(Nc1nc(-c2ccc([N+](=O)[O-])cc2)c(-c2ccccc2)s1)c1ccccc1Br. The number of amides is 1. The summed E-state index contributed by atoms with van der Waals surface area (Å²) in [4.78, 5) is 28.7. The lowest BCUT2D eigenvalue weighted by atomic mass is 10.1. The Kier molecular flexibility index (Phi) is 5.69. The molecule has 0 aliphatic heterocycles. The molecular formula is C22H14BrN3O3S. The normalized spacial score (nSPS) is 10.6. The van der Waals surface area contributed by atoms with Gasteiger partial charge in [-0.1, -0.05) is 53.8 Å². The number of benzene rings is 3. The third-order valence-electron chi connectivity index (χ3n) is 4.35. The smallest absolute Gasteiger partial charge is 0.269 e. The van der Waals surface area contributed by atoms with Gasteiger partial charge in [0.2, 0.25) is 0 Å². The third kappa shape index (κ3) is 4.14. The number of aromatic nitrogens is 1. The van der Waals surface area contributed by atoms with Crippen LogP contribution in [0.4, 0.5) is 10.8 Å². The second-order valence-electron chi connectivity index (χ2n) is 6.30. The maximum atomic E-state index is 12.7. The summed E-state index contributed by atoms with van der Waals surface area (Å²) in [5.41, 5.74) is 2.86. The highest BCUT2D eigenvalue weighted by Gasteiger charge is 2.18. The minimum Gasteiger partial charge on any atom is -0.298 e. The molecular weight excluding hydrogens is 466 g/mol. The molecule has 8 heteroatoms. The molecule has 1 N–H and O–H groups in total. The molecule has 1 aromatic heterocycles. The Bertz CT molecular complexity index is 1220. The largest absolute Gasteiger partial charge is 0.298 e. The van der Waals surface area contributed by atoms with E-state index in [1.54, 1.807) is 30.3 Å². The second kappa shape index (κ2) is 8.56. The van der Waals surface area contributed by atoms with Crippen molar-refractivity contribution in [2.75, 3.05) is 5.32 Å². The molecule has 0 bridgehead atoms. The standard InChI is InChI=1S/C22H14BrN3O3S/c23-18-9-5-4-8-17(18)21(27)25-22-24-19(14-10-12-16(13-11-14)26(28)29)20(30-22)15-6-2-1-3-7-15/h1-13H,(H,24,25,27). The molecule has 0 saturated heterocycles. The van der Waals surface area contributed by atoms with Gasteiger partial charge in [0.05, 0.1) is 21.1 Å². The van der Waals surface area contributed by atoms with Crippen molar-refractivity contribution in [2.45, 2.75) is 0 Å². The minimum atomic E-state index is -0.438. The maximum absolute atomic E-state index is 12.7. The average molecular weight is 480 g/mol. The van der Waals surface area contributed by atoms with Crippen LogP contribution in [0.2, 0.25) is 0 Å². The minimum absolute atomic E-state index is 0.0118. The first-order chi connectivity index (χ1) is 14.5. The Morgan fingerprint density at radius 2 is 1.60 bits per heavy atom. The fourth-order valence-corrected chi connectivity index (χ4v) is 4.36. The number of carbonyl (C=O) groups is 1. The summed E-state index contributed by atoms with van der Waals surface area (Å²) >= 11 is 4.74. The topological polar surface area (TPSA) is 85.1 Å². The summed E-state index contributed by atoms with van der Waals surface area (Å²) in [7, 11) is 0. The van der Waals surface area contributed by atoms with Gasteiger partial charge in [-0.3, -0.25) is 20.2 Å². The summed E-state index contributed by atoms with van der Waals surface area (Å²) in [6, 6.07) is 23.1. The molecule has 0 unspecified atom stereocenters. The third-order valence-corrected chi connectivity index (χ3v) is 6.07. The fourth-order valence-electron chi connectivity index (χ4n) is 2.91. The number of nitro benzene ring substituents is 1. The Hall–Kier alpha value is -3.36. The summed E-state index contributed by atoms with van der Waals surface area (Å²) in [6.45, 7) is 0. The van der Waals surface area contributed by atoms with E-state index >= 15 is 0 Å². The van der Waals surface area contributed by atoms with Gasteiger partial charge in [-0.2, -0.15) is 0 Å². The Morgan fingerprint density at radius 3 is 2.27 bits per heavy atom. The molecule has 30 heavy (non-hydrogen) atoms. The van der Waals surface area contributed by atoms with Crippen LogP contribution < -0.4 is 5.32 Å². The Balaban J connectivity index is 1.74. The molecule has 0 atom stereocenters.